The van der Waals surface area contributed by atoms with Gasteiger partial charge in [-0.3, -0.25) is 9.78 Å². The molecular formula is C28H29N3O2. The highest BCUT2D eigenvalue weighted by Gasteiger charge is 2.28. The summed E-state index contributed by atoms with van der Waals surface area (Å²) in [5, 5.41) is 2.98. The molecule has 1 saturated carbocycles. The van der Waals surface area contributed by atoms with Gasteiger partial charge in [-0.05, 0) is 86.4 Å². The molecule has 3 aromatic rings. The molecule has 0 spiro atoms. The summed E-state index contributed by atoms with van der Waals surface area (Å²) in [6.07, 6.45) is 16.2. The van der Waals surface area contributed by atoms with Gasteiger partial charge in [0.15, 0.2) is 0 Å². The molecule has 168 valence electrons. The number of nitrogens with zero attached hydrogens (tertiary/aromatic N) is 1. The molecule has 1 aromatic carbocycles. The van der Waals surface area contributed by atoms with Gasteiger partial charge in [-0.25, -0.2) is 0 Å². The van der Waals surface area contributed by atoms with Crippen molar-refractivity contribution >= 4 is 23.2 Å². The molecule has 5 rings (SSSR count). The minimum Gasteiger partial charge on any atom is -0.492 e. The van der Waals surface area contributed by atoms with Crippen molar-refractivity contribution in [2.75, 3.05) is 11.9 Å². The van der Waals surface area contributed by atoms with Crippen molar-refractivity contribution in [2.45, 2.75) is 39.5 Å². The molecule has 3 heterocycles. The molecule has 0 saturated heterocycles. The topological polar surface area (TPSA) is 67.0 Å². The number of carbonyl (C=O) groups excluding carboxylic acids is 1. The van der Waals surface area contributed by atoms with Gasteiger partial charge in [0, 0.05) is 40.5 Å². The number of allylic oxidation sites excluding steroid dienone is 2. The van der Waals surface area contributed by atoms with Crippen LogP contribution in [0.2, 0.25) is 0 Å². The van der Waals surface area contributed by atoms with E-state index in [1.54, 1.807) is 6.20 Å². The summed E-state index contributed by atoms with van der Waals surface area (Å²) in [4.78, 5) is 20.1. The number of pyridine rings is 1. The minimum absolute atomic E-state index is 0.000227. The van der Waals surface area contributed by atoms with E-state index in [2.05, 4.69) is 46.6 Å². The Balaban J connectivity index is 1.25. The molecule has 1 aliphatic carbocycles. The lowest BCUT2D eigenvalue weighted by atomic mass is 9.99. The van der Waals surface area contributed by atoms with Gasteiger partial charge in [0.1, 0.15) is 5.75 Å². The summed E-state index contributed by atoms with van der Waals surface area (Å²) < 4.78 is 6.01. The second-order valence-corrected chi connectivity index (χ2v) is 8.85. The molecule has 2 N–H and O–H groups in total. The van der Waals surface area contributed by atoms with E-state index in [-0.39, 0.29) is 5.91 Å². The number of benzene rings is 1. The summed E-state index contributed by atoms with van der Waals surface area (Å²) in [6, 6.07) is 8.11. The van der Waals surface area contributed by atoms with Crippen LogP contribution in [-0.4, -0.2) is 22.5 Å². The average molecular weight is 440 g/mol. The number of H-pyrrole nitrogens is 1. The zero-order chi connectivity index (χ0) is 22.8. The van der Waals surface area contributed by atoms with Crippen molar-refractivity contribution < 1.29 is 9.53 Å². The number of hydrogen-bond acceptors (Lipinski definition) is 3. The molecule has 0 unspecified atom stereocenters. The van der Waals surface area contributed by atoms with Crippen LogP contribution in [-0.2, 0) is 11.2 Å². The normalized spacial score (nSPS) is 16.4. The number of nitrogens with one attached hydrogen (secondary N) is 2. The summed E-state index contributed by atoms with van der Waals surface area (Å²) in [6.45, 7) is 4.81. The fraction of sp³-hybridized carbons (Fsp3) is 0.286. The number of anilines is 1. The van der Waals surface area contributed by atoms with Crippen molar-refractivity contribution in [3.8, 4) is 16.9 Å². The Labute approximate surface area is 194 Å². The van der Waals surface area contributed by atoms with E-state index >= 15 is 0 Å². The highest BCUT2D eigenvalue weighted by atomic mass is 16.5. The monoisotopic (exact) mass is 439 g/mol. The van der Waals surface area contributed by atoms with Crippen LogP contribution in [0.3, 0.4) is 0 Å². The highest BCUT2D eigenvalue weighted by Crippen LogP contribution is 2.40. The van der Waals surface area contributed by atoms with Crippen molar-refractivity contribution in [1.82, 2.24) is 9.97 Å². The van der Waals surface area contributed by atoms with E-state index in [0.717, 1.165) is 46.5 Å². The maximum Gasteiger partial charge on any atom is 0.256 e. The first-order valence-corrected chi connectivity index (χ1v) is 11.7. The van der Waals surface area contributed by atoms with Crippen LogP contribution in [0, 0.1) is 12.8 Å². The van der Waals surface area contributed by atoms with Crippen molar-refractivity contribution in [1.29, 1.82) is 0 Å². The van der Waals surface area contributed by atoms with Crippen LogP contribution in [0.25, 0.3) is 22.8 Å². The van der Waals surface area contributed by atoms with Crippen molar-refractivity contribution in [3.05, 3.63) is 77.4 Å². The van der Waals surface area contributed by atoms with E-state index in [9.17, 15) is 4.79 Å². The second-order valence-electron chi connectivity index (χ2n) is 8.85. The lowest BCUT2D eigenvalue weighted by molar-refractivity contribution is -0.110. The Bertz CT molecular complexity index is 1250. The lowest BCUT2D eigenvalue weighted by Crippen LogP contribution is -2.03. The van der Waals surface area contributed by atoms with E-state index in [1.165, 1.54) is 29.7 Å². The number of aromatic amines is 1. The first-order valence-electron chi connectivity index (χ1n) is 11.7. The van der Waals surface area contributed by atoms with Crippen LogP contribution >= 0.6 is 0 Å². The smallest absolute Gasteiger partial charge is 0.256 e. The number of aromatic nitrogens is 2. The first kappa shape index (κ1) is 21.3. The summed E-state index contributed by atoms with van der Waals surface area (Å²) >= 11 is 0. The second kappa shape index (κ2) is 9.10. The van der Waals surface area contributed by atoms with Gasteiger partial charge in [-0.15, -0.1) is 0 Å². The van der Waals surface area contributed by atoms with Crippen LogP contribution in [0.15, 0.2) is 55.0 Å². The predicted octanol–water partition coefficient (Wildman–Crippen LogP) is 6.18. The Morgan fingerprint density at radius 2 is 2.06 bits per heavy atom. The van der Waals surface area contributed by atoms with E-state index < -0.39 is 0 Å². The number of hydrogen-bond donors (Lipinski definition) is 2. The van der Waals surface area contributed by atoms with E-state index in [4.69, 9.17) is 4.74 Å². The summed E-state index contributed by atoms with van der Waals surface area (Å²) in [7, 11) is 0. The average Bonchev–Trinajstić information content (AvgIpc) is 3.51. The molecule has 0 atom stereocenters. The Hall–Kier alpha value is -3.60. The number of aryl methyl sites for hydroxylation is 1. The number of fused-ring (bicyclic) bond motifs is 1. The maximum atomic E-state index is 12.4. The molecule has 1 fully saturated rings. The molecule has 2 aromatic heterocycles. The minimum atomic E-state index is -0.000227. The molecule has 1 amide bonds. The molecule has 1 aliphatic heterocycles. The Morgan fingerprint density at radius 1 is 1.18 bits per heavy atom. The van der Waals surface area contributed by atoms with Crippen LogP contribution in [0.5, 0.6) is 5.75 Å². The van der Waals surface area contributed by atoms with E-state index in [1.807, 2.05) is 37.4 Å². The number of ether oxygens (including phenoxy) is 1. The molecular weight excluding hydrogens is 410 g/mol. The SMILES string of the molecule is C/C=C\c1[nH]cc(CCCOc2cncc(-c3ccc4c(c3)/C(=C/C3CC3)C(=O)N4)c2)c1C. The Morgan fingerprint density at radius 3 is 2.88 bits per heavy atom. The summed E-state index contributed by atoms with van der Waals surface area (Å²) in [5.41, 5.74) is 8.48. The maximum absolute atomic E-state index is 12.4. The predicted molar refractivity (Wildman–Crippen MR) is 133 cm³/mol. The highest BCUT2D eigenvalue weighted by molar-refractivity contribution is 6.31. The van der Waals surface area contributed by atoms with Gasteiger partial charge < -0.3 is 15.0 Å². The fourth-order valence-electron chi connectivity index (χ4n) is 4.29. The molecule has 5 nitrogen and oxygen atoms in total. The van der Waals surface area contributed by atoms with Crippen molar-refractivity contribution in [2.24, 2.45) is 5.92 Å². The number of carbonyl (C=O) groups is 1. The molecule has 33 heavy (non-hydrogen) atoms. The zero-order valence-corrected chi connectivity index (χ0v) is 19.2. The lowest BCUT2D eigenvalue weighted by Gasteiger charge is -2.09. The third-order valence-corrected chi connectivity index (χ3v) is 6.35. The molecule has 5 heteroatoms. The van der Waals surface area contributed by atoms with Gasteiger partial charge >= 0.3 is 0 Å². The summed E-state index contributed by atoms with van der Waals surface area (Å²) in [5.74, 6) is 1.31. The van der Waals surface area contributed by atoms with Crippen molar-refractivity contribution in [3.63, 3.8) is 0 Å². The van der Waals surface area contributed by atoms with E-state index in [0.29, 0.717) is 12.5 Å². The zero-order valence-electron chi connectivity index (χ0n) is 19.2. The molecule has 2 aliphatic rings. The van der Waals surface area contributed by atoms with Crippen LogP contribution < -0.4 is 10.1 Å². The van der Waals surface area contributed by atoms with Gasteiger partial charge in [0.2, 0.25) is 0 Å². The van der Waals surface area contributed by atoms with Gasteiger partial charge in [0.25, 0.3) is 5.91 Å². The number of amides is 1. The van der Waals surface area contributed by atoms with Crippen LogP contribution in [0.4, 0.5) is 5.69 Å². The third-order valence-electron chi connectivity index (χ3n) is 6.35. The molecule has 0 bridgehead atoms. The fourth-order valence-corrected chi connectivity index (χ4v) is 4.29. The van der Waals surface area contributed by atoms with Gasteiger partial charge in [-0.1, -0.05) is 18.2 Å². The first-order chi connectivity index (χ1) is 16.1. The van der Waals surface area contributed by atoms with Gasteiger partial charge in [0.05, 0.1) is 12.8 Å². The largest absolute Gasteiger partial charge is 0.492 e. The quantitative estimate of drug-likeness (QED) is 0.325. The third kappa shape index (κ3) is 4.63. The van der Waals surface area contributed by atoms with Gasteiger partial charge in [-0.2, -0.15) is 0 Å². The Kier molecular flexibility index (Phi) is 5.86. The standard InChI is InChI=1S/C28H29N3O2/c1-3-5-26-18(2)21(16-30-26)6-4-11-33-23-13-22(15-29-17-23)20-9-10-27-24(14-20)25(28(32)31-27)12-19-7-8-19/h3,5,9-10,12-17,19,30H,4,6-8,11H2,1-2H3,(H,31,32)/b5-3-,25-12-. The number of rotatable bonds is 8. The molecule has 0 radical (unpaired) electrons. The van der Waals surface area contributed by atoms with Crippen LogP contribution in [0.1, 0.15) is 48.6 Å².